The molecule has 2 aromatic heterocycles. The number of carbonyl (C=O) groups excluding carboxylic acids is 1. The van der Waals surface area contributed by atoms with Crippen molar-refractivity contribution in [1.29, 1.82) is 0 Å². The molecule has 4 rings (SSSR count). The minimum atomic E-state index is -0.683. The summed E-state index contributed by atoms with van der Waals surface area (Å²) in [4.78, 5) is 42.5. The Hall–Kier alpha value is -5.32. The van der Waals surface area contributed by atoms with Crippen molar-refractivity contribution < 1.29 is 14.6 Å². The number of aryl methyl sites for hydroxylation is 1. The molecule has 10 heteroatoms. The predicted molar refractivity (Wildman–Crippen MR) is 147 cm³/mol. The number of nitro groups is 2. The zero-order valence-electron chi connectivity index (χ0n) is 20.7. The van der Waals surface area contributed by atoms with Gasteiger partial charge in [-0.05, 0) is 43.3 Å². The Morgan fingerprint density at radius 3 is 1.54 bits per heavy atom. The molecule has 0 atom stereocenters. The Morgan fingerprint density at radius 2 is 1.13 bits per heavy atom. The normalized spacial score (nSPS) is 10.0. The minimum absolute atomic E-state index is 0.0353. The molecule has 2 aromatic carbocycles. The van der Waals surface area contributed by atoms with Gasteiger partial charge in [-0.2, -0.15) is 0 Å². The highest BCUT2D eigenvalue weighted by molar-refractivity contribution is 8.13. The minimum Gasteiger partial charge on any atom is -0.287 e. The van der Waals surface area contributed by atoms with Gasteiger partial charge in [0.15, 0.2) is 16.5 Å². The molecule has 0 aliphatic heterocycles. The Labute approximate surface area is 227 Å². The average molecular weight is 535 g/mol. The summed E-state index contributed by atoms with van der Waals surface area (Å²) in [5.41, 5.74) is 1.55. The Morgan fingerprint density at radius 1 is 0.718 bits per heavy atom. The van der Waals surface area contributed by atoms with E-state index < -0.39 is 21.2 Å². The second kappa shape index (κ2) is 11.8. The molecule has 190 valence electrons. The highest BCUT2D eigenvalue weighted by Crippen LogP contribution is 2.33. The first-order valence-electron chi connectivity index (χ1n) is 11.4. The van der Waals surface area contributed by atoms with E-state index in [-0.39, 0.29) is 27.6 Å². The molecule has 0 N–H and O–H groups in total. The van der Waals surface area contributed by atoms with E-state index in [1.807, 2.05) is 31.2 Å². The third-order valence-electron chi connectivity index (χ3n) is 5.22. The van der Waals surface area contributed by atoms with Gasteiger partial charge in [-0.15, -0.1) is 0 Å². The molecule has 0 aliphatic carbocycles. The van der Waals surface area contributed by atoms with Crippen LogP contribution in [0.5, 0.6) is 0 Å². The summed E-state index contributed by atoms with van der Waals surface area (Å²) in [6.07, 6.45) is 2.61. The zero-order chi connectivity index (χ0) is 27.9. The molecule has 0 unspecified atom stereocenters. The van der Waals surface area contributed by atoms with Crippen molar-refractivity contribution in [3.05, 3.63) is 121 Å². The third kappa shape index (κ3) is 6.92. The van der Waals surface area contributed by atoms with E-state index in [9.17, 15) is 25.0 Å². The number of benzene rings is 2. The summed E-state index contributed by atoms with van der Waals surface area (Å²) < 4.78 is 0. The second-order valence-electron chi connectivity index (χ2n) is 8.18. The Balaban J connectivity index is 1.66. The average Bonchev–Trinajstić information content (AvgIpc) is 2.92. The van der Waals surface area contributed by atoms with Gasteiger partial charge in [0.1, 0.15) is 0 Å². The molecule has 9 nitrogen and oxygen atoms in total. The van der Waals surface area contributed by atoms with E-state index in [0.717, 1.165) is 27.8 Å². The summed E-state index contributed by atoms with van der Waals surface area (Å²) in [5, 5.41) is 23.6. The van der Waals surface area contributed by atoms with E-state index in [4.69, 9.17) is 0 Å². The van der Waals surface area contributed by atoms with Crippen LogP contribution in [0.25, 0.3) is 11.4 Å². The highest BCUT2D eigenvalue weighted by atomic mass is 32.2. The van der Waals surface area contributed by atoms with Crippen LogP contribution in [0, 0.1) is 50.8 Å². The molecule has 0 bridgehead atoms. The lowest BCUT2D eigenvalue weighted by atomic mass is 10.1. The molecule has 0 spiro atoms. The Kier molecular flexibility index (Phi) is 8.10. The van der Waals surface area contributed by atoms with Crippen LogP contribution in [0.1, 0.15) is 34.7 Å². The SMILES string of the molecule is CC(=O)Sc1ccc(C#Cc2cnc(-c3ncc(C#Cc4ccc(C)cc4)cc3[N+](=O)[O-])c([N+](=O)[O-])c2)cc1. The number of pyridine rings is 2. The van der Waals surface area contributed by atoms with Gasteiger partial charge in [0.2, 0.25) is 0 Å². The molecule has 0 radical (unpaired) electrons. The van der Waals surface area contributed by atoms with E-state index >= 15 is 0 Å². The van der Waals surface area contributed by atoms with Gasteiger partial charge in [-0.1, -0.05) is 53.1 Å². The molecule has 0 amide bonds. The zero-order valence-corrected chi connectivity index (χ0v) is 21.5. The molecule has 0 fully saturated rings. The van der Waals surface area contributed by atoms with Crippen LogP contribution in [0.2, 0.25) is 0 Å². The molecule has 39 heavy (non-hydrogen) atoms. The van der Waals surface area contributed by atoms with Crippen LogP contribution in [0.15, 0.2) is 78.0 Å². The van der Waals surface area contributed by atoms with E-state index in [0.29, 0.717) is 5.56 Å². The van der Waals surface area contributed by atoms with Crippen LogP contribution in [-0.2, 0) is 4.79 Å². The van der Waals surface area contributed by atoms with Crippen LogP contribution in [0.4, 0.5) is 11.4 Å². The molecule has 0 saturated carbocycles. The maximum absolute atomic E-state index is 11.8. The van der Waals surface area contributed by atoms with Crippen molar-refractivity contribution in [2.75, 3.05) is 0 Å². The van der Waals surface area contributed by atoms with Crippen LogP contribution < -0.4 is 0 Å². The molecule has 2 heterocycles. The van der Waals surface area contributed by atoms with Crippen LogP contribution in [0.3, 0.4) is 0 Å². The maximum atomic E-state index is 11.8. The third-order valence-corrected chi connectivity index (χ3v) is 6.02. The topological polar surface area (TPSA) is 129 Å². The number of carbonyl (C=O) groups is 1. The summed E-state index contributed by atoms with van der Waals surface area (Å²) in [7, 11) is 0. The van der Waals surface area contributed by atoms with Gasteiger partial charge in [0.05, 0.1) is 21.0 Å². The van der Waals surface area contributed by atoms with Crippen LogP contribution >= 0.6 is 11.8 Å². The number of hydrogen-bond acceptors (Lipinski definition) is 8. The highest BCUT2D eigenvalue weighted by Gasteiger charge is 2.27. The van der Waals surface area contributed by atoms with Crippen molar-refractivity contribution in [3.63, 3.8) is 0 Å². The lowest BCUT2D eigenvalue weighted by molar-refractivity contribution is -0.386. The summed E-state index contributed by atoms with van der Waals surface area (Å²) >= 11 is 1.10. The number of nitrogens with zero attached hydrogens (tertiary/aromatic N) is 4. The number of hydrogen-bond donors (Lipinski definition) is 0. The first-order valence-corrected chi connectivity index (χ1v) is 12.2. The van der Waals surface area contributed by atoms with Crippen molar-refractivity contribution in [2.45, 2.75) is 18.7 Å². The largest absolute Gasteiger partial charge is 0.298 e. The molecular weight excluding hydrogens is 516 g/mol. The quantitative estimate of drug-likeness (QED) is 0.141. The first kappa shape index (κ1) is 26.7. The Bertz CT molecular complexity index is 1730. The van der Waals surface area contributed by atoms with E-state index in [1.165, 1.54) is 31.5 Å². The predicted octanol–water partition coefficient (Wildman–Crippen LogP) is 5.71. The van der Waals surface area contributed by atoms with Crippen molar-refractivity contribution in [2.24, 2.45) is 0 Å². The van der Waals surface area contributed by atoms with Gasteiger partial charge in [0, 0.05) is 47.5 Å². The number of thioether (sulfide) groups is 1. The van der Waals surface area contributed by atoms with E-state index in [1.54, 1.807) is 24.3 Å². The van der Waals surface area contributed by atoms with Crippen molar-refractivity contribution in [3.8, 4) is 35.1 Å². The maximum Gasteiger partial charge on any atom is 0.298 e. The molecule has 4 aromatic rings. The molecule has 0 aliphatic rings. The smallest absolute Gasteiger partial charge is 0.287 e. The summed E-state index contributed by atoms with van der Waals surface area (Å²) in [6, 6.07) is 16.8. The fourth-order valence-corrected chi connectivity index (χ4v) is 3.99. The van der Waals surface area contributed by atoms with Crippen molar-refractivity contribution in [1.82, 2.24) is 9.97 Å². The number of rotatable bonds is 4. The van der Waals surface area contributed by atoms with Gasteiger partial charge >= 0.3 is 0 Å². The van der Waals surface area contributed by atoms with Gasteiger partial charge in [0.25, 0.3) is 11.4 Å². The number of aromatic nitrogens is 2. The molecular formula is C29H18N4O5S. The van der Waals surface area contributed by atoms with Gasteiger partial charge in [-0.3, -0.25) is 25.0 Å². The van der Waals surface area contributed by atoms with E-state index in [2.05, 4.69) is 33.6 Å². The summed E-state index contributed by atoms with van der Waals surface area (Å²) in [6.45, 7) is 3.42. The second-order valence-corrected chi connectivity index (χ2v) is 9.43. The van der Waals surface area contributed by atoms with Crippen molar-refractivity contribution >= 4 is 28.3 Å². The lowest BCUT2D eigenvalue weighted by Crippen LogP contribution is -2.01. The lowest BCUT2D eigenvalue weighted by Gasteiger charge is -2.04. The van der Waals surface area contributed by atoms with Gasteiger partial charge < -0.3 is 0 Å². The summed E-state index contributed by atoms with van der Waals surface area (Å²) in [5.74, 6) is 11.5. The van der Waals surface area contributed by atoms with Crippen LogP contribution in [-0.4, -0.2) is 24.9 Å². The van der Waals surface area contributed by atoms with Gasteiger partial charge in [-0.25, -0.2) is 9.97 Å². The monoisotopic (exact) mass is 534 g/mol. The first-order chi connectivity index (χ1) is 18.7. The fourth-order valence-electron chi connectivity index (χ4n) is 3.38. The molecule has 0 saturated heterocycles. The standard InChI is InChI=1S/C29H18N4O5S/c1-19-3-5-21(6-4-19)7-9-23-15-26(32(35)36)28(30-17-23)29-27(33(37)38)16-24(18-31-29)10-8-22-11-13-25(14-12-22)39-20(2)34/h3-6,11-18H,1-2H3. The fraction of sp³-hybridized carbons (Fsp3) is 0.0690.